The van der Waals surface area contributed by atoms with E-state index in [4.69, 9.17) is 16.9 Å². The third-order valence-corrected chi connectivity index (χ3v) is 1.92. The molecule has 0 aliphatic heterocycles. The minimum Gasteiger partial charge on any atom is -0.191 e. The Labute approximate surface area is 102 Å². The molecule has 0 bridgehead atoms. The number of benzene rings is 1. The lowest BCUT2D eigenvalue weighted by molar-refractivity contribution is -0.461. The van der Waals surface area contributed by atoms with Crippen molar-refractivity contribution in [2.45, 2.75) is 0 Å². The van der Waals surface area contributed by atoms with E-state index in [1.807, 2.05) is 6.07 Å². The highest BCUT2D eigenvalue weighted by Crippen LogP contribution is 2.10. The van der Waals surface area contributed by atoms with Crippen molar-refractivity contribution in [3.05, 3.63) is 34.9 Å². The number of hydrogen-bond donors (Lipinski definition) is 0. The normalized spacial score (nSPS) is 10.9. The van der Waals surface area contributed by atoms with Crippen LogP contribution in [0.15, 0.2) is 29.4 Å². The standard InChI is InChI=1S/C9H7ClN2O3S/c1-16-15-14-13-12-9(6-11)7-2-4-8(10)5-3-7/h2-5H,1H3. The SMILES string of the molecule is CSOOON=C(C#N)c1ccc(Cl)cc1. The second-order valence-corrected chi connectivity index (χ2v) is 3.34. The van der Waals surface area contributed by atoms with Crippen molar-refractivity contribution in [2.24, 2.45) is 5.16 Å². The Bertz CT molecular complexity index is 402. The van der Waals surface area contributed by atoms with Crippen molar-refractivity contribution in [2.75, 3.05) is 6.26 Å². The molecule has 0 radical (unpaired) electrons. The number of nitriles is 1. The Kier molecular flexibility index (Phi) is 5.67. The average molecular weight is 259 g/mol. The lowest BCUT2D eigenvalue weighted by Gasteiger charge is -1.97. The van der Waals surface area contributed by atoms with Crippen LogP contribution in [0, 0.1) is 11.3 Å². The molecule has 1 rings (SSSR count). The summed E-state index contributed by atoms with van der Waals surface area (Å²) in [6.45, 7) is 0. The van der Waals surface area contributed by atoms with Gasteiger partial charge in [-0.15, -0.1) is 4.33 Å². The molecule has 0 unspecified atom stereocenters. The number of oxime groups is 1. The maximum Gasteiger partial charge on any atom is 0.190 e. The summed E-state index contributed by atoms with van der Waals surface area (Å²) >= 11 is 6.65. The fourth-order valence-electron chi connectivity index (χ4n) is 0.838. The Balaban J connectivity index is 2.67. The lowest BCUT2D eigenvalue weighted by Crippen LogP contribution is -1.98. The van der Waals surface area contributed by atoms with Crippen LogP contribution in [0.3, 0.4) is 0 Å². The summed E-state index contributed by atoms with van der Waals surface area (Å²) in [6.07, 6.45) is 1.64. The Hall–Kier alpha value is -1.26. The van der Waals surface area contributed by atoms with Crippen LogP contribution >= 0.6 is 23.6 Å². The quantitative estimate of drug-likeness (QED) is 0.267. The van der Waals surface area contributed by atoms with Crippen molar-refractivity contribution >= 4 is 29.4 Å². The average Bonchev–Trinajstić information content (AvgIpc) is 2.31. The molecule has 1 aromatic rings. The molecule has 0 amide bonds. The molecule has 0 aliphatic carbocycles. The van der Waals surface area contributed by atoms with Gasteiger partial charge in [0.15, 0.2) is 5.71 Å². The van der Waals surface area contributed by atoms with Crippen molar-refractivity contribution in [1.29, 1.82) is 5.26 Å². The highest BCUT2D eigenvalue weighted by molar-refractivity contribution is 7.93. The van der Waals surface area contributed by atoms with Gasteiger partial charge in [0.1, 0.15) is 6.07 Å². The second-order valence-electron chi connectivity index (χ2n) is 2.44. The van der Waals surface area contributed by atoms with Crippen molar-refractivity contribution in [1.82, 2.24) is 0 Å². The summed E-state index contributed by atoms with van der Waals surface area (Å²) in [7, 11) is 0. The summed E-state index contributed by atoms with van der Waals surface area (Å²) in [5.74, 6) is 0. The van der Waals surface area contributed by atoms with E-state index in [0.717, 1.165) is 12.0 Å². The zero-order valence-electron chi connectivity index (χ0n) is 8.21. The predicted octanol–water partition coefficient (Wildman–Crippen LogP) is 2.73. The van der Waals surface area contributed by atoms with Gasteiger partial charge >= 0.3 is 0 Å². The summed E-state index contributed by atoms with van der Waals surface area (Å²) < 4.78 is 4.34. The van der Waals surface area contributed by atoms with Gasteiger partial charge in [-0.25, -0.2) is 0 Å². The van der Waals surface area contributed by atoms with Gasteiger partial charge in [-0.3, -0.25) is 0 Å². The van der Waals surface area contributed by atoms with Gasteiger partial charge in [0.05, 0.1) is 0 Å². The molecule has 0 saturated heterocycles. The lowest BCUT2D eigenvalue weighted by atomic mass is 10.1. The van der Waals surface area contributed by atoms with Crippen LogP contribution in [0.1, 0.15) is 5.56 Å². The zero-order chi connectivity index (χ0) is 11.8. The van der Waals surface area contributed by atoms with Crippen LogP contribution in [0.4, 0.5) is 0 Å². The topological polar surface area (TPSA) is 63.8 Å². The molecule has 0 N–H and O–H groups in total. The van der Waals surface area contributed by atoms with Crippen LogP contribution in [0.25, 0.3) is 0 Å². The molecule has 1 aromatic carbocycles. The number of halogens is 1. The third kappa shape index (κ3) is 4.08. The first-order valence-corrected chi connectivity index (χ1v) is 5.58. The molecule has 0 fully saturated rings. The van der Waals surface area contributed by atoms with E-state index in [1.165, 1.54) is 0 Å². The predicted molar refractivity (Wildman–Crippen MR) is 60.4 cm³/mol. The molecule has 7 heteroatoms. The summed E-state index contributed by atoms with van der Waals surface area (Å²) in [5, 5.41) is 17.0. The minimum absolute atomic E-state index is 0.0568. The molecule has 0 aliphatic rings. The molecule has 0 atom stereocenters. The number of rotatable bonds is 5. The van der Waals surface area contributed by atoms with E-state index >= 15 is 0 Å². The third-order valence-electron chi connectivity index (χ3n) is 1.48. The molecule has 0 spiro atoms. The first-order chi connectivity index (χ1) is 7.77. The van der Waals surface area contributed by atoms with Crippen LogP contribution in [0.2, 0.25) is 5.02 Å². The molecule has 5 nitrogen and oxygen atoms in total. The van der Waals surface area contributed by atoms with E-state index in [2.05, 4.69) is 19.5 Å². The first kappa shape index (κ1) is 12.8. The fraction of sp³-hybridized carbons (Fsp3) is 0.111. The van der Waals surface area contributed by atoms with Gasteiger partial charge in [-0.1, -0.05) is 23.7 Å². The fourth-order valence-corrected chi connectivity index (χ4v) is 1.04. The van der Waals surface area contributed by atoms with Crippen LogP contribution < -0.4 is 0 Å². The van der Waals surface area contributed by atoms with E-state index in [1.54, 1.807) is 30.5 Å². The molecule has 16 heavy (non-hydrogen) atoms. The van der Waals surface area contributed by atoms with Gasteiger partial charge in [0.2, 0.25) is 0 Å². The molecular formula is C9H7ClN2O3S. The van der Waals surface area contributed by atoms with E-state index in [9.17, 15) is 0 Å². The smallest absolute Gasteiger partial charge is 0.190 e. The second kappa shape index (κ2) is 7.09. The highest BCUT2D eigenvalue weighted by atomic mass is 35.5. The first-order valence-electron chi connectivity index (χ1n) is 4.05. The Morgan fingerprint density at radius 2 is 2.12 bits per heavy atom. The molecule has 0 saturated carbocycles. The zero-order valence-corrected chi connectivity index (χ0v) is 9.79. The molecule has 0 aromatic heterocycles. The van der Waals surface area contributed by atoms with Gasteiger partial charge in [0, 0.05) is 33.9 Å². The minimum atomic E-state index is 0.0568. The van der Waals surface area contributed by atoms with Crippen molar-refractivity contribution in [3.8, 4) is 6.07 Å². The van der Waals surface area contributed by atoms with Gasteiger partial charge in [0.25, 0.3) is 0 Å². The van der Waals surface area contributed by atoms with Crippen molar-refractivity contribution < 1.29 is 14.4 Å². The van der Waals surface area contributed by atoms with Crippen molar-refractivity contribution in [3.63, 3.8) is 0 Å². The Morgan fingerprint density at radius 3 is 2.69 bits per heavy atom. The largest absolute Gasteiger partial charge is 0.191 e. The molecular weight excluding hydrogens is 252 g/mol. The van der Waals surface area contributed by atoms with Crippen LogP contribution in [-0.2, 0) is 14.4 Å². The number of hydrogen-bond acceptors (Lipinski definition) is 6. The van der Waals surface area contributed by atoms with Gasteiger partial charge < -0.3 is 0 Å². The summed E-state index contributed by atoms with van der Waals surface area (Å²) in [5.41, 5.74) is 0.626. The molecule has 0 heterocycles. The summed E-state index contributed by atoms with van der Waals surface area (Å²) in [4.78, 5) is 4.30. The van der Waals surface area contributed by atoms with Gasteiger partial charge in [-0.05, 0) is 17.3 Å². The van der Waals surface area contributed by atoms with E-state index in [-0.39, 0.29) is 5.71 Å². The molecule has 84 valence electrons. The van der Waals surface area contributed by atoms with Crippen LogP contribution in [0.5, 0.6) is 0 Å². The van der Waals surface area contributed by atoms with E-state index < -0.39 is 0 Å². The summed E-state index contributed by atoms with van der Waals surface area (Å²) in [6, 6.07) is 8.42. The number of nitrogens with zero attached hydrogens (tertiary/aromatic N) is 2. The van der Waals surface area contributed by atoms with E-state index in [0.29, 0.717) is 10.6 Å². The van der Waals surface area contributed by atoms with Crippen LogP contribution in [-0.4, -0.2) is 12.0 Å². The highest BCUT2D eigenvalue weighted by Gasteiger charge is 2.03. The maximum absolute atomic E-state index is 8.81. The maximum atomic E-state index is 8.81. The monoisotopic (exact) mass is 258 g/mol. The van der Waals surface area contributed by atoms with Gasteiger partial charge in [-0.2, -0.15) is 10.3 Å². The Morgan fingerprint density at radius 1 is 1.44 bits per heavy atom.